The van der Waals surface area contributed by atoms with Crippen LogP contribution in [-0.2, 0) is 4.79 Å². The molecule has 0 bridgehead atoms. The van der Waals surface area contributed by atoms with E-state index < -0.39 is 11.4 Å². The number of hydrogen-bond acceptors (Lipinski definition) is 4. The molecule has 0 spiro atoms. The Morgan fingerprint density at radius 3 is 2.26 bits per heavy atom. The van der Waals surface area contributed by atoms with Crippen molar-refractivity contribution in [3.63, 3.8) is 0 Å². The van der Waals surface area contributed by atoms with Crippen molar-refractivity contribution < 1.29 is 4.79 Å². The van der Waals surface area contributed by atoms with Gasteiger partial charge in [-0.2, -0.15) is 0 Å². The minimum Gasteiger partial charge on any atom is -0.368 e. The number of likely N-dealkylation sites (N-methyl/N-ethyl adjacent to an activating group) is 2. The van der Waals surface area contributed by atoms with Gasteiger partial charge in [0.1, 0.15) is 0 Å². The van der Waals surface area contributed by atoms with Crippen LogP contribution in [0.1, 0.15) is 39.0 Å². The molecule has 1 fully saturated rings. The van der Waals surface area contributed by atoms with Gasteiger partial charge in [0.15, 0.2) is 0 Å². The van der Waals surface area contributed by atoms with Gasteiger partial charge in [-0.15, -0.1) is 0 Å². The van der Waals surface area contributed by atoms with E-state index in [2.05, 4.69) is 30.9 Å². The van der Waals surface area contributed by atoms with Crippen LogP contribution in [0, 0.1) is 0 Å². The molecular formula is C14H30N4O. The van der Waals surface area contributed by atoms with Crippen LogP contribution >= 0.6 is 0 Å². The van der Waals surface area contributed by atoms with Crippen molar-refractivity contribution in [3.8, 4) is 0 Å². The molecule has 1 aliphatic rings. The summed E-state index contributed by atoms with van der Waals surface area (Å²) in [5, 5.41) is 0. The summed E-state index contributed by atoms with van der Waals surface area (Å²) in [6.45, 7) is 3.75. The lowest BCUT2D eigenvalue weighted by molar-refractivity contribution is -0.122. The Kier molecular flexibility index (Phi) is 5.35. The van der Waals surface area contributed by atoms with Crippen LogP contribution in [0.15, 0.2) is 0 Å². The van der Waals surface area contributed by atoms with Crippen LogP contribution < -0.4 is 11.5 Å². The van der Waals surface area contributed by atoms with E-state index in [0.29, 0.717) is 12.0 Å². The van der Waals surface area contributed by atoms with Crippen molar-refractivity contribution in [2.45, 2.75) is 50.1 Å². The number of hydrogen-bond donors (Lipinski definition) is 2. The van der Waals surface area contributed by atoms with E-state index in [0.717, 1.165) is 19.5 Å². The van der Waals surface area contributed by atoms with Crippen molar-refractivity contribution in [2.24, 2.45) is 11.5 Å². The first-order chi connectivity index (χ1) is 8.69. The average Bonchev–Trinajstić information content (AvgIpc) is 2.22. The van der Waals surface area contributed by atoms with Crippen molar-refractivity contribution in [1.29, 1.82) is 0 Å². The molecule has 4 N–H and O–H groups in total. The van der Waals surface area contributed by atoms with E-state index >= 15 is 0 Å². The number of nitrogens with zero attached hydrogens (tertiary/aromatic N) is 2. The highest BCUT2D eigenvalue weighted by Crippen LogP contribution is 2.36. The number of carbonyl (C=O) groups is 1. The fourth-order valence-electron chi connectivity index (χ4n) is 2.75. The molecule has 0 aromatic heterocycles. The summed E-state index contributed by atoms with van der Waals surface area (Å²) in [5.74, 6) is -0.418. The second kappa shape index (κ2) is 6.20. The quantitative estimate of drug-likeness (QED) is 0.669. The number of rotatable bonds is 8. The zero-order chi connectivity index (χ0) is 14.7. The van der Waals surface area contributed by atoms with Gasteiger partial charge >= 0.3 is 0 Å². The molecule has 1 unspecified atom stereocenters. The van der Waals surface area contributed by atoms with Gasteiger partial charge in [-0.25, -0.2) is 0 Å². The number of nitrogens with two attached hydrogens (primary N) is 2. The summed E-state index contributed by atoms with van der Waals surface area (Å²) >= 11 is 0. The number of primary amides is 1. The summed E-state index contributed by atoms with van der Waals surface area (Å²) in [5.41, 5.74) is 10.6. The third-order valence-electron chi connectivity index (χ3n) is 4.60. The molecule has 1 saturated carbocycles. The SMILES string of the molecule is CN(CCCC(C)(N)C(N)=O)CC1(N(C)C)CCC1. The lowest BCUT2D eigenvalue weighted by Crippen LogP contribution is -2.56. The summed E-state index contributed by atoms with van der Waals surface area (Å²) in [6, 6.07) is 0. The maximum atomic E-state index is 11.1. The minimum atomic E-state index is -0.878. The van der Waals surface area contributed by atoms with Gasteiger partial charge < -0.3 is 21.3 Å². The predicted molar refractivity (Wildman–Crippen MR) is 78.8 cm³/mol. The number of amides is 1. The Labute approximate surface area is 117 Å². The summed E-state index contributed by atoms with van der Waals surface area (Å²) < 4.78 is 0. The van der Waals surface area contributed by atoms with E-state index in [9.17, 15) is 4.79 Å². The van der Waals surface area contributed by atoms with E-state index in [-0.39, 0.29) is 0 Å². The van der Waals surface area contributed by atoms with Crippen molar-refractivity contribution in [1.82, 2.24) is 9.80 Å². The predicted octanol–water partition coefficient (Wildman–Crippen LogP) is 0.385. The van der Waals surface area contributed by atoms with Crippen LogP contribution in [0.5, 0.6) is 0 Å². The van der Waals surface area contributed by atoms with Gasteiger partial charge in [0.05, 0.1) is 5.54 Å². The van der Waals surface area contributed by atoms with E-state index in [1.165, 1.54) is 19.3 Å². The highest BCUT2D eigenvalue weighted by molar-refractivity contribution is 5.83. The largest absolute Gasteiger partial charge is 0.368 e. The molecule has 0 radical (unpaired) electrons. The standard InChI is InChI=1S/C14H30N4O/c1-13(16,12(15)19)7-6-10-18(4)11-14(17(2)3)8-5-9-14/h5-11,16H2,1-4H3,(H2,15,19). The molecular weight excluding hydrogens is 240 g/mol. The molecule has 112 valence electrons. The zero-order valence-corrected chi connectivity index (χ0v) is 12.9. The Balaban J connectivity index is 2.32. The molecule has 5 nitrogen and oxygen atoms in total. The highest BCUT2D eigenvalue weighted by atomic mass is 16.1. The third kappa shape index (κ3) is 4.16. The van der Waals surface area contributed by atoms with Gasteiger partial charge in [0.2, 0.25) is 5.91 Å². The van der Waals surface area contributed by atoms with Crippen LogP contribution in [0.25, 0.3) is 0 Å². The van der Waals surface area contributed by atoms with Crippen molar-refractivity contribution >= 4 is 5.91 Å². The molecule has 1 atom stereocenters. The highest BCUT2D eigenvalue weighted by Gasteiger charge is 2.39. The summed E-state index contributed by atoms with van der Waals surface area (Å²) in [6.07, 6.45) is 5.42. The normalized spacial score (nSPS) is 21.2. The second-order valence-corrected chi connectivity index (χ2v) is 6.60. The van der Waals surface area contributed by atoms with Crippen LogP contribution in [0.3, 0.4) is 0 Å². The van der Waals surface area contributed by atoms with Crippen LogP contribution in [0.4, 0.5) is 0 Å². The Morgan fingerprint density at radius 1 is 1.32 bits per heavy atom. The Morgan fingerprint density at radius 2 is 1.89 bits per heavy atom. The zero-order valence-electron chi connectivity index (χ0n) is 12.9. The van der Waals surface area contributed by atoms with Crippen molar-refractivity contribution in [2.75, 3.05) is 34.2 Å². The molecule has 0 saturated heterocycles. The average molecular weight is 270 g/mol. The summed E-state index contributed by atoms with van der Waals surface area (Å²) in [4.78, 5) is 15.8. The second-order valence-electron chi connectivity index (χ2n) is 6.60. The fraction of sp³-hybridized carbons (Fsp3) is 0.929. The molecule has 1 amide bonds. The van der Waals surface area contributed by atoms with Gasteiger partial charge in [0.25, 0.3) is 0 Å². The van der Waals surface area contributed by atoms with Gasteiger partial charge in [0, 0.05) is 12.1 Å². The van der Waals surface area contributed by atoms with Crippen LogP contribution in [-0.4, -0.2) is 61.0 Å². The molecule has 1 aliphatic carbocycles. The smallest absolute Gasteiger partial charge is 0.237 e. The Bertz CT molecular complexity index is 311. The first-order valence-electron chi connectivity index (χ1n) is 7.14. The van der Waals surface area contributed by atoms with E-state index in [4.69, 9.17) is 11.5 Å². The maximum Gasteiger partial charge on any atom is 0.237 e. The molecule has 1 rings (SSSR count). The molecule has 0 aromatic rings. The molecule has 0 aromatic carbocycles. The minimum absolute atomic E-state index is 0.352. The maximum absolute atomic E-state index is 11.1. The third-order valence-corrected chi connectivity index (χ3v) is 4.60. The molecule has 5 heteroatoms. The molecule has 0 heterocycles. The van der Waals surface area contributed by atoms with Crippen molar-refractivity contribution in [3.05, 3.63) is 0 Å². The van der Waals surface area contributed by atoms with Gasteiger partial charge in [-0.3, -0.25) is 4.79 Å². The lowest BCUT2D eigenvalue weighted by Gasteiger charge is -2.49. The first-order valence-corrected chi connectivity index (χ1v) is 7.14. The van der Waals surface area contributed by atoms with Crippen LogP contribution in [0.2, 0.25) is 0 Å². The molecule has 0 aliphatic heterocycles. The van der Waals surface area contributed by atoms with Gasteiger partial charge in [-0.05, 0) is 66.7 Å². The van der Waals surface area contributed by atoms with E-state index in [1.54, 1.807) is 6.92 Å². The molecule has 19 heavy (non-hydrogen) atoms. The van der Waals surface area contributed by atoms with E-state index in [1.807, 2.05) is 0 Å². The van der Waals surface area contributed by atoms with Gasteiger partial charge in [-0.1, -0.05) is 0 Å². The lowest BCUT2D eigenvalue weighted by atomic mass is 9.75. The number of carbonyl (C=O) groups excluding carboxylic acids is 1. The fourth-order valence-corrected chi connectivity index (χ4v) is 2.75. The first kappa shape index (κ1) is 16.4. The summed E-state index contributed by atoms with van der Waals surface area (Å²) in [7, 11) is 6.47. The topological polar surface area (TPSA) is 75.6 Å². The monoisotopic (exact) mass is 270 g/mol. The Hall–Kier alpha value is -0.650.